The van der Waals surface area contributed by atoms with E-state index in [1.54, 1.807) is 7.11 Å². The minimum absolute atomic E-state index is 0.148. The Labute approximate surface area is 134 Å². The summed E-state index contributed by atoms with van der Waals surface area (Å²) in [6.07, 6.45) is 7.10. The van der Waals surface area contributed by atoms with Gasteiger partial charge in [0.25, 0.3) is 0 Å². The summed E-state index contributed by atoms with van der Waals surface area (Å²) in [5.74, 6) is 0.665. The number of amides is 2. The van der Waals surface area contributed by atoms with Gasteiger partial charge in [-0.2, -0.15) is 0 Å². The van der Waals surface area contributed by atoms with Crippen LogP contribution in [0.4, 0.5) is 10.5 Å². The van der Waals surface area contributed by atoms with Gasteiger partial charge in [0.1, 0.15) is 5.75 Å². The lowest BCUT2D eigenvalue weighted by atomic mass is 10.1. The molecule has 0 heterocycles. The molecule has 1 aromatic carbocycles. The molecule has 2 rings (SSSR count). The Hall–Kier alpha value is -1.23. The number of hydrogen-bond acceptors (Lipinski definition) is 2. The zero-order valence-electron chi connectivity index (χ0n) is 12.7. The molecule has 4 nitrogen and oxygen atoms in total. The van der Waals surface area contributed by atoms with Crippen LogP contribution >= 0.6 is 15.9 Å². The molecule has 21 heavy (non-hydrogen) atoms. The summed E-state index contributed by atoms with van der Waals surface area (Å²) in [4.78, 5) is 12.2. The van der Waals surface area contributed by atoms with Crippen molar-refractivity contribution in [1.29, 1.82) is 0 Å². The summed E-state index contributed by atoms with van der Waals surface area (Å²) >= 11 is 3.43. The molecule has 2 amide bonds. The standard InChI is InChI=1S/C16H23BrN2O2/c1-11-9-12(17)10-14(21-2)15(11)19-16(20)18-13-7-5-3-4-6-8-13/h9-10,13H,3-8H2,1-2H3,(H2,18,19,20). The number of carbonyl (C=O) groups is 1. The second-order valence-electron chi connectivity index (χ2n) is 5.59. The lowest BCUT2D eigenvalue weighted by Gasteiger charge is -2.19. The molecule has 1 aliphatic rings. The van der Waals surface area contributed by atoms with Crippen molar-refractivity contribution in [2.45, 2.75) is 51.5 Å². The average Bonchev–Trinajstić information content (AvgIpc) is 2.70. The van der Waals surface area contributed by atoms with Crippen LogP contribution in [0.3, 0.4) is 0 Å². The van der Waals surface area contributed by atoms with E-state index in [1.807, 2.05) is 19.1 Å². The van der Waals surface area contributed by atoms with Gasteiger partial charge in [-0.15, -0.1) is 0 Å². The molecule has 116 valence electrons. The number of anilines is 1. The minimum atomic E-state index is -0.148. The maximum Gasteiger partial charge on any atom is 0.319 e. The molecule has 1 aromatic rings. The molecule has 1 saturated carbocycles. The van der Waals surface area contributed by atoms with Crippen molar-refractivity contribution in [3.05, 3.63) is 22.2 Å². The number of nitrogens with one attached hydrogen (secondary N) is 2. The summed E-state index contributed by atoms with van der Waals surface area (Å²) in [6, 6.07) is 3.96. The number of ether oxygens (including phenoxy) is 1. The number of benzene rings is 1. The van der Waals surface area contributed by atoms with E-state index >= 15 is 0 Å². The van der Waals surface area contributed by atoms with Crippen LogP contribution in [-0.4, -0.2) is 19.2 Å². The highest BCUT2D eigenvalue weighted by molar-refractivity contribution is 9.10. The maximum absolute atomic E-state index is 12.2. The summed E-state index contributed by atoms with van der Waals surface area (Å²) in [6.45, 7) is 1.95. The molecule has 1 fully saturated rings. The van der Waals surface area contributed by atoms with Crippen molar-refractivity contribution in [2.24, 2.45) is 0 Å². The fourth-order valence-electron chi connectivity index (χ4n) is 2.79. The molecular weight excluding hydrogens is 332 g/mol. The number of aryl methyl sites for hydroxylation is 1. The predicted octanol–water partition coefficient (Wildman–Crippen LogP) is 4.61. The molecule has 0 radical (unpaired) electrons. The number of carbonyl (C=O) groups excluding carboxylic acids is 1. The van der Waals surface area contributed by atoms with E-state index in [1.165, 1.54) is 25.7 Å². The Kier molecular flexibility index (Phi) is 5.91. The molecular formula is C16H23BrN2O2. The van der Waals surface area contributed by atoms with Crippen LogP contribution in [0.1, 0.15) is 44.1 Å². The largest absolute Gasteiger partial charge is 0.495 e. The third kappa shape index (κ3) is 4.63. The van der Waals surface area contributed by atoms with Gasteiger partial charge in [-0.1, -0.05) is 41.6 Å². The molecule has 0 spiro atoms. The molecule has 0 atom stereocenters. The summed E-state index contributed by atoms with van der Waals surface area (Å²) in [7, 11) is 1.61. The van der Waals surface area contributed by atoms with Gasteiger partial charge in [0, 0.05) is 10.5 Å². The fourth-order valence-corrected chi connectivity index (χ4v) is 3.34. The Morgan fingerprint density at radius 3 is 2.52 bits per heavy atom. The lowest BCUT2D eigenvalue weighted by Crippen LogP contribution is -2.37. The van der Waals surface area contributed by atoms with Crippen molar-refractivity contribution >= 4 is 27.6 Å². The Morgan fingerprint density at radius 2 is 1.90 bits per heavy atom. The van der Waals surface area contributed by atoms with Crippen LogP contribution in [0.25, 0.3) is 0 Å². The monoisotopic (exact) mass is 354 g/mol. The number of halogens is 1. The first kappa shape index (κ1) is 16.1. The van der Waals surface area contributed by atoms with Crippen molar-refractivity contribution in [2.75, 3.05) is 12.4 Å². The smallest absolute Gasteiger partial charge is 0.319 e. The zero-order valence-corrected chi connectivity index (χ0v) is 14.3. The minimum Gasteiger partial charge on any atom is -0.495 e. The van der Waals surface area contributed by atoms with Crippen LogP contribution < -0.4 is 15.4 Å². The van der Waals surface area contributed by atoms with Crippen molar-refractivity contribution in [1.82, 2.24) is 5.32 Å². The van der Waals surface area contributed by atoms with Crippen molar-refractivity contribution < 1.29 is 9.53 Å². The molecule has 0 bridgehead atoms. The van der Waals surface area contributed by atoms with Gasteiger partial charge < -0.3 is 15.4 Å². The summed E-state index contributed by atoms with van der Waals surface area (Å²) in [5.41, 5.74) is 1.70. The first-order chi connectivity index (χ1) is 10.1. The Morgan fingerprint density at radius 1 is 1.24 bits per heavy atom. The fraction of sp³-hybridized carbons (Fsp3) is 0.562. The second kappa shape index (κ2) is 7.69. The first-order valence-electron chi connectivity index (χ1n) is 7.52. The first-order valence-corrected chi connectivity index (χ1v) is 8.31. The molecule has 5 heteroatoms. The highest BCUT2D eigenvalue weighted by Gasteiger charge is 2.16. The molecule has 2 N–H and O–H groups in total. The van der Waals surface area contributed by atoms with Gasteiger partial charge >= 0.3 is 6.03 Å². The van der Waals surface area contributed by atoms with Gasteiger partial charge in [0.2, 0.25) is 0 Å². The molecule has 1 aliphatic carbocycles. The average molecular weight is 355 g/mol. The van der Waals surface area contributed by atoms with Crippen LogP contribution in [0.5, 0.6) is 5.75 Å². The topological polar surface area (TPSA) is 50.4 Å². The van der Waals surface area contributed by atoms with E-state index in [0.29, 0.717) is 5.75 Å². The Balaban J connectivity index is 2.02. The lowest BCUT2D eigenvalue weighted by molar-refractivity contribution is 0.247. The van der Waals surface area contributed by atoms with Gasteiger partial charge in [-0.05, 0) is 37.5 Å². The highest BCUT2D eigenvalue weighted by Crippen LogP contribution is 2.32. The molecule has 0 saturated heterocycles. The quantitative estimate of drug-likeness (QED) is 0.778. The predicted molar refractivity (Wildman–Crippen MR) is 89.1 cm³/mol. The van der Waals surface area contributed by atoms with Crippen LogP contribution in [0, 0.1) is 6.92 Å². The van der Waals surface area contributed by atoms with E-state index in [9.17, 15) is 4.79 Å². The molecule has 0 aromatic heterocycles. The SMILES string of the molecule is COc1cc(Br)cc(C)c1NC(=O)NC1CCCCCC1. The van der Waals surface area contributed by atoms with E-state index in [2.05, 4.69) is 26.6 Å². The van der Waals surface area contributed by atoms with Crippen molar-refractivity contribution in [3.63, 3.8) is 0 Å². The molecule has 0 aliphatic heterocycles. The number of hydrogen-bond donors (Lipinski definition) is 2. The summed E-state index contributed by atoms with van der Waals surface area (Å²) in [5, 5.41) is 6.01. The molecule has 0 unspecified atom stereocenters. The zero-order chi connectivity index (χ0) is 15.2. The van der Waals surface area contributed by atoms with Gasteiger partial charge in [0.15, 0.2) is 0 Å². The van der Waals surface area contributed by atoms with Gasteiger partial charge in [-0.3, -0.25) is 0 Å². The number of rotatable bonds is 3. The van der Waals surface area contributed by atoms with E-state index < -0.39 is 0 Å². The Bertz CT molecular complexity index is 497. The van der Waals surface area contributed by atoms with E-state index in [-0.39, 0.29) is 12.1 Å². The second-order valence-corrected chi connectivity index (χ2v) is 6.50. The normalized spacial score (nSPS) is 16.1. The van der Waals surface area contributed by atoms with Gasteiger partial charge in [-0.25, -0.2) is 4.79 Å². The highest BCUT2D eigenvalue weighted by atomic mass is 79.9. The van der Waals surface area contributed by atoms with Crippen LogP contribution in [0.2, 0.25) is 0 Å². The van der Waals surface area contributed by atoms with E-state index in [0.717, 1.165) is 28.6 Å². The number of methoxy groups -OCH3 is 1. The third-order valence-electron chi connectivity index (χ3n) is 3.91. The van der Waals surface area contributed by atoms with Gasteiger partial charge in [0.05, 0.1) is 12.8 Å². The van der Waals surface area contributed by atoms with Crippen molar-refractivity contribution in [3.8, 4) is 5.75 Å². The number of urea groups is 1. The van der Waals surface area contributed by atoms with Crippen LogP contribution in [-0.2, 0) is 0 Å². The maximum atomic E-state index is 12.2. The van der Waals surface area contributed by atoms with E-state index in [4.69, 9.17) is 4.74 Å². The van der Waals surface area contributed by atoms with Crippen LogP contribution in [0.15, 0.2) is 16.6 Å². The third-order valence-corrected chi connectivity index (χ3v) is 4.37. The summed E-state index contributed by atoms with van der Waals surface area (Å²) < 4.78 is 6.28.